The minimum Gasteiger partial charge on any atom is -0.480 e. The Bertz CT molecular complexity index is 705. The van der Waals surface area contributed by atoms with Gasteiger partial charge in [0.1, 0.15) is 11.9 Å². The van der Waals surface area contributed by atoms with Crippen molar-refractivity contribution in [2.24, 2.45) is 5.92 Å². The first kappa shape index (κ1) is 18.4. The number of nitrogens with one attached hydrogen (secondary N) is 1. The van der Waals surface area contributed by atoms with Crippen molar-refractivity contribution in [1.82, 2.24) is 10.2 Å². The number of benzene rings is 1. The van der Waals surface area contributed by atoms with Crippen LogP contribution in [0.25, 0.3) is 0 Å². The summed E-state index contributed by atoms with van der Waals surface area (Å²) in [6.07, 6.45) is 3.33. The van der Waals surface area contributed by atoms with Crippen LogP contribution < -0.4 is 5.32 Å². The van der Waals surface area contributed by atoms with E-state index in [9.17, 15) is 23.9 Å². The van der Waals surface area contributed by atoms with Crippen LogP contribution in [0.2, 0.25) is 0 Å². The normalized spacial score (nSPS) is 20.9. The van der Waals surface area contributed by atoms with E-state index in [1.54, 1.807) is 18.2 Å². The standard InChI is InChI=1S/C19H23FN2O4/c20-15-4-2-1-3-13(15)11-22-14(7-8-18(22)24)10-17(23)21-16(19(25)26)9-12-5-6-12/h1-4,12,14,16H,5-11H2,(H,21,23)(H,25,26)/t14-,16-/m0/s1. The molecule has 26 heavy (non-hydrogen) atoms. The Kier molecular flexibility index (Phi) is 5.54. The average Bonchev–Trinajstić information content (AvgIpc) is 3.35. The number of likely N-dealkylation sites (tertiary alicyclic amines) is 1. The summed E-state index contributed by atoms with van der Waals surface area (Å²) in [6, 6.07) is 5.03. The maximum absolute atomic E-state index is 13.9. The molecular weight excluding hydrogens is 339 g/mol. The van der Waals surface area contributed by atoms with Crippen LogP contribution in [0.15, 0.2) is 24.3 Å². The third-order valence-electron chi connectivity index (χ3n) is 5.07. The number of carboxylic acid groups (broad SMARTS) is 1. The molecule has 2 atom stereocenters. The van der Waals surface area contributed by atoms with Gasteiger partial charge in [0.2, 0.25) is 11.8 Å². The molecular formula is C19H23FN2O4. The summed E-state index contributed by atoms with van der Waals surface area (Å²) < 4.78 is 13.9. The number of aliphatic carboxylic acids is 1. The van der Waals surface area contributed by atoms with E-state index in [0.29, 0.717) is 30.7 Å². The van der Waals surface area contributed by atoms with E-state index in [1.165, 1.54) is 11.0 Å². The van der Waals surface area contributed by atoms with E-state index >= 15 is 0 Å². The van der Waals surface area contributed by atoms with Crippen molar-refractivity contribution in [3.05, 3.63) is 35.6 Å². The van der Waals surface area contributed by atoms with Crippen molar-refractivity contribution in [1.29, 1.82) is 0 Å². The third kappa shape index (κ3) is 4.59. The number of carboxylic acids is 1. The van der Waals surface area contributed by atoms with Gasteiger partial charge in [-0.3, -0.25) is 9.59 Å². The van der Waals surface area contributed by atoms with Crippen LogP contribution in [0.5, 0.6) is 0 Å². The number of nitrogens with zero attached hydrogens (tertiary/aromatic N) is 1. The predicted octanol–water partition coefficient (Wildman–Crippen LogP) is 2.08. The van der Waals surface area contributed by atoms with E-state index in [2.05, 4.69) is 5.32 Å². The van der Waals surface area contributed by atoms with E-state index in [1.807, 2.05) is 0 Å². The van der Waals surface area contributed by atoms with Crippen molar-refractivity contribution >= 4 is 17.8 Å². The minimum atomic E-state index is -1.03. The second-order valence-electron chi connectivity index (χ2n) is 7.15. The van der Waals surface area contributed by atoms with Crippen LogP contribution in [0.3, 0.4) is 0 Å². The number of halogens is 1. The average molecular weight is 362 g/mol. The molecule has 2 N–H and O–H groups in total. The SMILES string of the molecule is O=C(C[C@@H]1CCC(=O)N1Cc1ccccc1F)N[C@@H](CC1CC1)C(=O)O. The molecule has 1 aliphatic carbocycles. The Morgan fingerprint density at radius 2 is 2.00 bits per heavy atom. The Hall–Kier alpha value is -2.44. The van der Waals surface area contributed by atoms with E-state index in [-0.39, 0.29) is 36.6 Å². The second-order valence-corrected chi connectivity index (χ2v) is 7.15. The third-order valence-corrected chi connectivity index (χ3v) is 5.07. The van der Waals surface area contributed by atoms with Gasteiger partial charge in [-0.1, -0.05) is 31.0 Å². The maximum atomic E-state index is 13.9. The highest BCUT2D eigenvalue weighted by atomic mass is 19.1. The van der Waals surface area contributed by atoms with Gasteiger partial charge >= 0.3 is 5.97 Å². The van der Waals surface area contributed by atoms with Gasteiger partial charge in [0, 0.05) is 31.0 Å². The van der Waals surface area contributed by atoms with Gasteiger partial charge in [0.15, 0.2) is 0 Å². The van der Waals surface area contributed by atoms with Crippen LogP contribution in [0.1, 0.15) is 44.1 Å². The van der Waals surface area contributed by atoms with Crippen LogP contribution in [0.4, 0.5) is 4.39 Å². The monoisotopic (exact) mass is 362 g/mol. The highest BCUT2D eigenvalue weighted by molar-refractivity contribution is 5.85. The van der Waals surface area contributed by atoms with E-state index in [0.717, 1.165) is 12.8 Å². The fourth-order valence-electron chi connectivity index (χ4n) is 3.41. The van der Waals surface area contributed by atoms with Crippen LogP contribution in [0, 0.1) is 11.7 Å². The molecule has 3 rings (SSSR count). The summed E-state index contributed by atoms with van der Waals surface area (Å²) >= 11 is 0. The summed E-state index contributed by atoms with van der Waals surface area (Å²) in [5.41, 5.74) is 0.408. The van der Waals surface area contributed by atoms with Gasteiger partial charge in [-0.15, -0.1) is 0 Å². The Morgan fingerprint density at radius 3 is 2.65 bits per heavy atom. The summed E-state index contributed by atoms with van der Waals surface area (Å²) in [6.45, 7) is 0.119. The summed E-state index contributed by atoms with van der Waals surface area (Å²) in [7, 11) is 0. The van der Waals surface area contributed by atoms with E-state index in [4.69, 9.17) is 0 Å². The molecule has 1 saturated heterocycles. The van der Waals surface area contributed by atoms with Gasteiger partial charge in [0.25, 0.3) is 0 Å². The predicted molar refractivity (Wildman–Crippen MR) is 91.5 cm³/mol. The van der Waals surface area contributed by atoms with Gasteiger partial charge in [-0.2, -0.15) is 0 Å². The topological polar surface area (TPSA) is 86.7 Å². The van der Waals surface area contributed by atoms with Crippen molar-refractivity contribution in [2.45, 2.75) is 57.2 Å². The van der Waals surface area contributed by atoms with Crippen LogP contribution in [-0.4, -0.2) is 39.9 Å². The molecule has 0 spiro atoms. The molecule has 0 radical (unpaired) electrons. The van der Waals surface area contributed by atoms with Crippen molar-refractivity contribution in [3.8, 4) is 0 Å². The lowest BCUT2D eigenvalue weighted by Gasteiger charge is -2.25. The zero-order chi connectivity index (χ0) is 18.7. The Balaban J connectivity index is 1.60. The molecule has 1 aliphatic heterocycles. The fourth-order valence-corrected chi connectivity index (χ4v) is 3.41. The lowest BCUT2D eigenvalue weighted by Crippen LogP contribution is -2.44. The molecule has 0 aromatic heterocycles. The lowest BCUT2D eigenvalue weighted by molar-refractivity contribution is -0.142. The molecule has 0 bridgehead atoms. The maximum Gasteiger partial charge on any atom is 0.326 e. The Labute approximate surface area is 151 Å². The van der Waals surface area contributed by atoms with Crippen molar-refractivity contribution in [3.63, 3.8) is 0 Å². The van der Waals surface area contributed by atoms with Gasteiger partial charge < -0.3 is 15.3 Å². The first-order valence-electron chi connectivity index (χ1n) is 8.99. The Morgan fingerprint density at radius 1 is 1.27 bits per heavy atom. The fraction of sp³-hybridized carbons (Fsp3) is 0.526. The first-order valence-corrected chi connectivity index (χ1v) is 8.99. The molecule has 1 heterocycles. The smallest absolute Gasteiger partial charge is 0.326 e. The quantitative estimate of drug-likeness (QED) is 0.741. The largest absolute Gasteiger partial charge is 0.480 e. The molecule has 6 nitrogen and oxygen atoms in total. The number of carbonyl (C=O) groups excluding carboxylic acids is 2. The molecule has 1 saturated carbocycles. The second kappa shape index (κ2) is 7.85. The van der Waals surface area contributed by atoms with Crippen LogP contribution >= 0.6 is 0 Å². The number of amides is 2. The van der Waals surface area contributed by atoms with Crippen LogP contribution in [-0.2, 0) is 20.9 Å². The zero-order valence-corrected chi connectivity index (χ0v) is 14.5. The summed E-state index contributed by atoms with van der Waals surface area (Å²) in [4.78, 5) is 37.3. The summed E-state index contributed by atoms with van der Waals surface area (Å²) in [5.74, 6) is -1.53. The number of hydrogen-bond donors (Lipinski definition) is 2. The first-order chi connectivity index (χ1) is 12.4. The molecule has 2 aliphatic rings. The minimum absolute atomic E-state index is 0.0363. The molecule has 7 heteroatoms. The molecule has 1 aromatic rings. The molecule has 0 unspecified atom stereocenters. The van der Waals surface area contributed by atoms with Crippen molar-refractivity contribution in [2.75, 3.05) is 0 Å². The zero-order valence-electron chi connectivity index (χ0n) is 14.5. The number of rotatable bonds is 8. The number of hydrogen-bond acceptors (Lipinski definition) is 3. The van der Waals surface area contributed by atoms with Crippen molar-refractivity contribution < 1.29 is 23.9 Å². The number of carbonyl (C=O) groups is 3. The molecule has 1 aromatic carbocycles. The lowest BCUT2D eigenvalue weighted by atomic mass is 10.1. The molecule has 2 fully saturated rings. The highest BCUT2D eigenvalue weighted by Gasteiger charge is 2.35. The molecule has 140 valence electrons. The highest BCUT2D eigenvalue weighted by Crippen LogP contribution is 2.33. The van der Waals surface area contributed by atoms with E-state index < -0.39 is 12.0 Å². The van der Waals surface area contributed by atoms with Gasteiger partial charge in [-0.25, -0.2) is 9.18 Å². The summed E-state index contributed by atoms with van der Waals surface area (Å²) in [5, 5.41) is 11.8. The van der Waals surface area contributed by atoms with Gasteiger partial charge in [-0.05, 0) is 24.8 Å². The molecule has 2 amide bonds. The van der Waals surface area contributed by atoms with Gasteiger partial charge in [0.05, 0.1) is 0 Å².